The highest BCUT2D eigenvalue weighted by Crippen LogP contribution is 1.99. The van der Waals surface area contributed by atoms with E-state index < -0.39 is 0 Å². The Balaban J connectivity index is 0.000000294. The maximum absolute atomic E-state index is 10.3. The van der Waals surface area contributed by atoms with Crippen molar-refractivity contribution < 1.29 is 15.3 Å². The lowest BCUT2D eigenvalue weighted by molar-refractivity contribution is -0.269. The summed E-state index contributed by atoms with van der Waals surface area (Å²) in [6.07, 6.45) is 0. The summed E-state index contributed by atoms with van der Waals surface area (Å²) in [4.78, 5) is 0. The molecule has 3 nitrogen and oxygen atoms in total. The standard InChI is InChI=1S/3C6H6O.Al/c3*7-6-4-2-1-3-5-6;/h3*1-5,7H;/p-3. The van der Waals surface area contributed by atoms with E-state index in [0.29, 0.717) is 0 Å². The molecule has 3 aromatic carbocycles. The number of hydrogen-bond donors (Lipinski definition) is 0. The molecular formula is C18H15AlO3-3. The molecule has 0 N–H and O–H groups in total. The van der Waals surface area contributed by atoms with Crippen LogP contribution in [0.4, 0.5) is 0 Å². The SMILES string of the molecule is [Al].[O-]c1ccccc1.[O-]c1ccccc1.[O-]c1ccccc1. The van der Waals surface area contributed by atoms with Crippen molar-refractivity contribution in [2.75, 3.05) is 0 Å². The first kappa shape index (κ1) is 19.6. The molecule has 0 aliphatic heterocycles. The number of hydrogen-bond acceptors (Lipinski definition) is 3. The first-order valence-electron chi connectivity index (χ1n) is 6.34. The Labute approximate surface area is 141 Å². The summed E-state index contributed by atoms with van der Waals surface area (Å²) in [5.74, 6) is 0.215. The molecule has 111 valence electrons. The third kappa shape index (κ3) is 10.4. The maximum Gasteiger partial charge on any atom is 0 e. The second-order valence-corrected chi connectivity index (χ2v) is 3.94. The summed E-state index contributed by atoms with van der Waals surface area (Å²) in [6.45, 7) is 0. The smallest absolute Gasteiger partial charge is 0 e. The summed E-state index contributed by atoms with van der Waals surface area (Å²) >= 11 is 0. The lowest BCUT2D eigenvalue weighted by Crippen LogP contribution is -1.85. The van der Waals surface area contributed by atoms with Gasteiger partial charge in [-0.15, -0.1) is 17.2 Å². The molecule has 0 atom stereocenters. The predicted molar refractivity (Wildman–Crippen MR) is 83.4 cm³/mol. The molecule has 0 bridgehead atoms. The second kappa shape index (κ2) is 12.3. The van der Waals surface area contributed by atoms with E-state index in [9.17, 15) is 15.3 Å². The van der Waals surface area contributed by atoms with Crippen LogP contribution < -0.4 is 15.3 Å². The molecule has 0 aliphatic carbocycles. The van der Waals surface area contributed by atoms with Gasteiger partial charge >= 0.3 is 0 Å². The van der Waals surface area contributed by atoms with Gasteiger partial charge in [0.05, 0.1) is 0 Å². The third-order valence-corrected chi connectivity index (χ3v) is 2.23. The fourth-order valence-electron chi connectivity index (χ4n) is 1.26. The molecule has 0 unspecified atom stereocenters. The lowest BCUT2D eigenvalue weighted by Gasteiger charge is -1.98. The van der Waals surface area contributed by atoms with Crippen LogP contribution in [0, 0.1) is 0 Å². The summed E-state index contributed by atoms with van der Waals surface area (Å²) in [5.41, 5.74) is 0. The Kier molecular flexibility index (Phi) is 11.0. The molecule has 0 saturated carbocycles. The van der Waals surface area contributed by atoms with Gasteiger partial charge in [0.2, 0.25) is 0 Å². The monoisotopic (exact) mass is 306 g/mol. The van der Waals surface area contributed by atoms with Crippen LogP contribution in [0.25, 0.3) is 0 Å². The van der Waals surface area contributed by atoms with Crippen LogP contribution in [0.1, 0.15) is 0 Å². The summed E-state index contributed by atoms with van der Waals surface area (Å²) in [7, 11) is 0. The van der Waals surface area contributed by atoms with Gasteiger partial charge in [0.1, 0.15) is 0 Å². The average molecular weight is 306 g/mol. The third-order valence-electron chi connectivity index (χ3n) is 2.23. The van der Waals surface area contributed by atoms with E-state index in [0.717, 1.165) is 0 Å². The van der Waals surface area contributed by atoms with Gasteiger partial charge in [-0.05, 0) is 0 Å². The van der Waals surface area contributed by atoms with E-state index in [1.807, 2.05) is 18.2 Å². The quantitative estimate of drug-likeness (QED) is 0.596. The van der Waals surface area contributed by atoms with E-state index >= 15 is 0 Å². The summed E-state index contributed by atoms with van der Waals surface area (Å²) < 4.78 is 0. The topological polar surface area (TPSA) is 69.2 Å². The van der Waals surface area contributed by atoms with Crippen molar-refractivity contribution in [2.45, 2.75) is 0 Å². The molecule has 0 heterocycles. The molecule has 22 heavy (non-hydrogen) atoms. The molecule has 4 heteroatoms. The Morgan fingerprint density at radius 1 is 0.364 bits per heavy atom. The van der Waals surface area contributed by atoms with Gasteiger partial charge in [0.25, 0.3) is 0 Å². The van der Waals surface area contributed by atoms with Gasteiger partial charge in [-0.3, -0.25) is 0 Å². The van der Waals surface area contributed by atoms with Crippen LogP contribution in [0.2, 0.25) is 0 Å². The molecule has 0 spiro atoms. The zero-order chi connectivity index (χ0) is 15.3. The molecule has 0 aliphatic rings. The highest BCUT2D eigenvalue weighted by molar-refractivity contribution is 5.75. The molecule has 0 amide bonds. The van der Waals surface area contributed by atoms with Crippen LogP contribution in [0.5, 0.6) is 17.2 Å². The Morgan fingerprint density at radius 3 is 0.636 bits per heavy atom. The highest BCUT2D eigenvalue weighted by Gasteiger charge is 1.66. The van der Waals surface area contributed by atoms with Crippen LogP contribution in [-0.2, 0) is 0 Å². The molecule has 0 saturated heterocycles. The molecule has 0 aromatic heterocycles. The lowest BCUT2D eigenvalue weighted by atomic mass is 10.3. The van der Waals surface area contributed by atoms with Crippen LogP contribution >= 0.6 is 0 Å². The van der Waals surface area contributed by atoms with Gasteiger partial charge in [0, 0.05) is 17.4 Å². The molecule has 3 aromatic rings. The minimum absolute atomic E-state index is 0. The maximum atomic E-state index is 10.3. The predicted octanol–water partition coefficient (Wildman–Crippen LogP) is 1.90. The summed E-state index contributed by atoms with van der Waals surface area (Å²) in [6, 6.07) is 25.0. The van der Waals surface area contributed by atoms with Gasteiger partial charge in [-0.1, -0.05) is 91.0 Å². The van der Waals surface area contributed by atoms with E-state index in [2.05, 4.69) is 0 Å². The average Bonchev–Trinajstić information content (AvgIpc) is 2.51. The highest BCUT2D eigenvalue weighted by atomic mass is 27.0. The van der Waals surface area contributed by atoms with Crippen LogP contribution in [-0.4, -0.2) is 17.4 Å². The number of rotatable bonds is 0. The summed E-state index contributed by atoms with van der Waals surface area (Å²) in [5, 5.41) is 30.8. The Hall–Kier alpha value is -2.41. The minimum atomic E-state index is 0. The van der Waals surface area contributed by atoms with Gasteiger partial charge in [0.15, 0.2) is 0 Å². The molecular weight excluding hydrogens is 291 g/mol. The molecule has 0 fully saturated rings. The fraction of sp³-hybridized carbons (Fsp3) is 0. The first-order valence-corrected chi connectivity index (χ1v) is 6.34. The normalized spacial score (nSPS) is 8.18. The van der Waals surface area contributed by atoms with Crippen molar-refractivity contribution in [1.82, 2.24) is 0 Å². The molecule has 3 radical (unpaired) electrons. The molecule has 3 rings (SSSR count). The van der Waals surface area contributed by atoms with Crippen LogP contribution in [0.15, 0.2) is 91.0 Å². The van der Waals surface area contributed by atoms with Crippen molar-refractivity contribution in [2.24, 2.45) is 0 Å². The van der Waals surface area contributed by atoms with Crippen molar-refractivity contribution in [3.05, 3.63) is 91.0 Å². The number of benzene rings is 3. The van der Waals surface area contributed by atoms with Crippen molar-refractivity contribution in [3.8, 4) is 17.2 Å². The fourth-order valence-corrected chi connectivity index (χ4v) is 1.26. The van der Waals surface area contributed by atoms with E-state index in [-0.39, 0.29) is 34.6 Å². The zero-order valence-electron chi connectivity index (χ0n) is 12.0. The van der Waals surface area contributed by atoms with Crippen molar-refractivity contribution in [1.29, 1.82) is 0 Å². The second-order valence-electron chi connectivity index (χ2n) is 3.94. The van der Waals surface area contributed by atoms with Gasteiger partial charge in [-0.2, -0.15) is 0 Å². The Bertz CT molecular complexity index is 497. The van der Waals surface area contributed by atoms with Gasteiger partial charge < -0.3 is 15.3 Å². The number of para-hydroxylation sites is 3. The Morgan fingerprint density at radius 2 is 0.545 bits per heavy atom. The van der Waals surface area contributed by atoms with Crippen molar-refractivity contribution in [3.63, 3.8) is 0 Å². The van der Waals surface area contributed by atoms with Crippen molar-refractivity contribution >= 4 is 17.4 Å². The largest absolute Gasteiger partial charge is 0.872 e. The zero-order valence-corrected chi connectivity index (χ0v) is 13.1. The first-order chi connectivity index (χ1) is 10.2. The van der Waals surface area contributed by atoms with E-state index in [1.54, 1.807) is 36.4 Å². The van der Waals surface area contributed by atoms with E-state index in [1.165, 1.54) is 36.4 Å². The van der Waals surface area contributed by atoms with E-state index in [4.69, 9.17) is 0 Å². The van der Waals surface area contributed by atoms with Crippen LogP contribution in [0.3, 0.4) is 0 Å². The van der Waals surface area contributed by atoms with Gasteiger partial charge in [-0.25, -0.2) is 0 Å². The minimum Gasteiger partial charge on any atom is -0.872 e.